The average Bonchev–Trinajstić information content (AvgIpc) is 2.96. The quantitative estimate of drug-likeness (QED) is 0.856. The molecule has 0 aromatic heterocycles. The Kier molecular flexibility index (Phi) is 4.74. The number of aliphatic hydroxyl groups is 1. The first kappa shape index (κ1) is 14.5. The van der Waals surface area contributed by atoms with E-state index in [0.29, 0.717) is 13.0 Å². The Balaban J connectivity index is 1.99. The van der Waals surface area contributed by atoms with E-state index >= 15 is 0 Å². The van der Waals surface area contributed by atoms with Crippen LogP contribution in [0.1, 0.15) is 30.9 Å². The Hall–Kier alpha value is -1.88. The first-order chi connectivity index (χ1) is 9.63. The van der Waals surface area contributed by atoms with Crippen LogP contribution in [0.2, 0.25) is 0 Å². The molecule has 2 rings (SSSR count). The van der Waals surface area contributed by atoms with Crippen molar-refractivity contribution in [3.63, 3.8) is 0 Å². The number of hydrogen-bond acceptors (Lipinski definition) is 3. The molecule has 2 N–H and O–H groups in total. The van der Waals surface area contributed by atoms with Gasteiger partial charge in [0.15, 0.2) is 0 Å². The van der Waals surface area contributed by atoms with Gasteiger partial charge in [0, 0.05) is 13.6 Å². The number of benzene rings is 1. The molecule has 0 radical (unpaired) electrons. The summed E-state index contributed by atoms with van der Waals surface area (Å²) in [6.07, 6.45) is 0.699. The molecular weight excluding hydrogens is 256 g/mol. The SMILES string of the molecule is CNC(=O)C1CCCN1C(=O)CC(O)c1ccccc1. The summed E-state index contributed by atoms with van der Waals surface area (Å²) in [6.45, 7) is 0.582. The molecular formula is C15H20N2O3. The minimum atomic E-state index is -0.824. The average molecular weight is 276 g/mol. The molecule has 2 atom stereocenters. The molecule has 0 saturated carbocycles. The minimum absolute atomic E-state index is 0.0114. The smallest absolute Gasteiger partial charge is 0.242 e. The Bertz CT molecular complexity index is 475. The van der Waals surface area contributed by atoms with Crippen LogP contribution in [0.15, 0.2) is 30.3 Å². The largest absolute Gasteiger partial charge is 0.388 e. The van der Waals surface area contributed by atoms with Crippen LogP contribution < -0.4 is 5.32 Å². The first-order valence-electron chi connectivity index (χ1n) is 6.87. The third kappa shape index (κ3) is 3.17. The maximum Gasteiger partial charge on any atom is 0.242 e. The third-order valence-electron chi connectivity index (χ3n) is 3.67. The Labute approximate surface area is 118 Å². The van der Waals surface area contributed by atoms with Crippen LogP contribution in [0.25, 0.3) is 0 Å². The Morgan fingerprint density at radius 3 is 2.75 bits per heavy atom. The summed E-state index contributed by atoms with van der Waals surface area (Å²) in [4.78, 5) is 25.5. The fourth-order valence-corrected chi connectivity index (χ4v) is 2.58. The van der Waals surface area contributed by atoms with Gasteiger partial charge in [0.1, 0.15) is 6.04 Å². The Morgan fingerprint density at radius 1 is 1.40 bits per heavy atom. The van der Waals surface area contributed by atoms with Gasteiger partial charge in [-0.25, -0.2) is 0 Å². The molecule has 2 amide bonds. The lowest BCUT2D eigenvalue weighted by Crippen LogP contribution is -2.45. The number of aliphatic hydroxyl groups excluding tert-OH is 1. The summed E-state index contributed by atoms with van der Waals surface area (Å²) in [5.41, 5.74) is 0.719. The molecule has 108 valence electrons. The molecule has 1 aliphatic heterocycles. The number of likely N-dealkylation sites (tertiary alicyclic amines) is 1. The molecule has 1 aliphatic rings. The minimum Gasteiger partial charge on any atom is -0.388 e. The molecule has 5 nitrogen and oxygen atoms in total. The molecule has 1 aromatic rings. The molecule has 1 saturated heterocycles. The fourth-order valence-electron chi connectivity index (χ4n) is 2.58. The predicted molar refractivity (Wildman–Crippen MR) is 74.8 cm³/mol. The van der Waals surface area contributed by atoms with Crippen LogP contribution in [-0.4, -0.2) is 41.5 Å². The molecule has 1 aromatic carbocycles. The number of rotatable bonds is 4. The van der Waals surface area contributed by atoms with Gasteiger partial charge in [-0.3, -0.25) is 9.59 Å². The zero-order chi connectivity index (χ0) is 14.5. The van der Waals surface area contributed by atoms with E-state index in [0.717, 1.165) is 12.0 Å². The van der Waals surface area contributed by atoms with E-state index in [-0.39, 0.29) is 18.2 Å². The monoisotopic (exact) mass is 276 g/mol. The zero-order valence-electron chi connectivity index (χ0n) is 11.6. The van der Waals surface area contributed by atoms with Gasteiger partial charge in [0.05, 0.1) is 12.5 Å². The van der Waals surface area contributed by atoms with E-state index in [9.17, 15) is 14.7 Å². The number of likely N-dealkylation sites (N-methyl/N-ethyl adjacent to an activating group) is 1. The lowest BCUT2D eigenvalue weighted by molar-refractivity contribution is -0.139. The van der Waals surface area contributed by atoms with Gasteiger partial charge < -0.3 is 15.3 Å². The van der Waals surface area contributed by atoms with Gasteiger partial charge in [-0.1, -0.05) is 30.3 Å². The topological polar surface area (TPSA) is 69.6 Å². The van der Waals surface area contributed by atoms with Crippen molar-refractivity contribution in [2.45, 2.75) is 31.4 Å². The van der Waals surface area contributed by atoms with Crippen molar-refractivity contribution in [3.05, 3.63) is 35.9 Å². The predicted octanol–water partition coefficient (Wildman–Crippen LogP) is 0.847. The van der Waals surface area contributed by atoms with Crippen molar-refractivity contribution < 1.29 is 14.7 Å². The summed E-state index contributed by atoms with van der Waals surface area (Å²) < 4.78 is 0. The molecule has 0 bridgehead atoms. The number of carbonyl (C=O) groups is 2. The highest BCUT2D eigenvalue weighted by Gasteiger charge is 2.34. The standard InChI is InChI=1S/C15H20N2O3/c1-16-15(20)12-8-5-9-17(12)14(19)10-13(18)11-6-3-2-4-7-11/h2-4,6-7,12-13,18H,5,8-10H2,1H3,(H,16,20). The van der Waals surface area contributed by atoms with Crippen LogP contribution in [0.3, 0.4) is 0 Å². The van der Waals surface area contributed by atoms with Gasteiger partial charge in [-0.2, -0.15) is 0 Å². The highest BCUT2D eigenvalue weighted by atomic mass is 16.3. The number of hydrogen-bond donors (Lipinski definition) is 2. The summed E-state index contributed by atoms with van der Waals surface area (Å²) in [5, 5.41) is 12.7. The van der Waals surface area contributed by atoms with E-state index in [1.807, 2.05) is 18.2 Å². The first-order valence-corrected chi connectivity index (χ1v) is 6.87. The highest BCUT2D eigenvalue weighted by Crippen LogP contribution is 2.22. The van der Waals surface area contributed by atoms with Crippen LogP contribution >= 0.6 is 0 Å². The summed E-state index contributed by atoms with van der Waals surface area (Å²) in [5.74, 6) is -0.308. The van der Waals surface area contributed by atoms with Crippen molar-refractivity contribution in [2.75, 3.05) is 13.6 Å². The summed E-state index contributed by atoms with van der Waals surface area (Å²) >= 11 is 0. The summed E-state index contributed by atoms with van der Waals surface area (Å²) in [6, 6.07) is 8.70. The highest BCUT2D eigenvalue weighted by molar-refractivity contribution is 5.88. The lowest BCUT2D eigenvalue weighted by Gasteiger charge is -2.24. The van der Waals surface area contributed by atoms with Crippen molar-refractivity contribution in [2.24, 2.45) is 0 Å². The van der Waals surface area contributed by atoms with Crippen molar-refractivity contribution >= 4 is 11.8 Å². The van der Waals surface area contributed by atoms with E-state index in [1.54, 1.807) is 24.1 Å². The molecule has 0 aliphatic carbocycles. The number of nitrogens with one attached hydrogen (secondary N) is 1. The third-order valence-corrected chi connectivity index (χ3v) is 3.67. The number of amides is 2. The molecule has 0 spiro atoms. The van der Waals surface area contributed by atoms with E-state index in [1.165, 1.54) is 0 Å². The maximum absolute atomic E-state index is 12.2. The normalized spacial score (nSPS) is 19.7. The zero-order valence-corrected chi connectivity index (χ0v) is 11.6. The fraction of sp³-hybridized carbons (Fsp3) is 0.467. The summed E-state index contributed by atoms with van der Waals surface area (Å²) in [7, 11) is 1.57. The second-order valence-electron chi connectivity index (χ2n) is 4.99. The molecule has 1 fully saturated rings. The van der Waals surface area contributed by atoms with Gasteiger partial charge in [-0.15, -0.1) is 0 Å². The number of carbonyl (C=O) groups excluding carboxylic acids is 2. The van der Waals surface area contributed by atoms with Crippen LogP contribution in [0.4, 0.5) is 0 Å². The van der Waals surface area contributed by atoms with Crippen LogP contribution in [-0.2, 0) is 9.59 Å². The van der Waals surface area contributed by atoms with Gasteiger partial charge >= 0.3 is 0 Å². The van der Waals surface area contributed by atoms with E-state index in [4.69, 9.17) is 0 Å². The van der Waals surface area contributed by atoms with Gasteiger partial charge in [0.2, 0.25) is 11.8 Å². The van der Waals surface area contributed by atoms with Crippen LogP contribution in [0, 0.1) is 0 Å². The van der Waals surface area contributed by atoms with Crippen molar-refractivity contribution in [1.82, 2.24) is 10.2 Å². The maximum atomic E-state index is 12.2. The molecule has 2 unspecified atom stereocenters. The van der Waals surface area contributed by atoms with Gasteiger partial charge in [-0.05, 0) is 18.4 Å². The van der Waals surface area contributed by atoms with Crippen molar-refractivity contribution in [3.8, 4) is 0 Å². The number of nitrogens with zero attached hydrogens (tertiary/aromatic N) is 1. The lowest BCUT2D eigenvalue weighted by atomic mass is 10.1. The molecule has 20 heavy (non-hydrogen) atoms. The molecule has 5 heteroatoms. The Morgan fingerprint density at radius 2 is 2.10 bits per heavy atom. The van der Waals surface area contributed by atoms with E-state index < -0.39 is 12.1 Å². The second kappa shape index (κ2) is 6.52. The molecule has 1 heterocycles. The second-order valence-corrected chi connectivity index (χ2v) is 4.99. The van der Waals surface area contributed by atoms with Crippen LogP contribution in [0.5, 0.6) is 0 Å². The van der Waals surface area contributed by atoms with E-state index in [2.05, 4.69) is 5.32 Å². The van der Waals surface area contributed by atoms with Crippen molar-refractivity contribution in [1.29, 1.82) is 0 Å². The van der Waals surface area contributed by atoms with Gasteiger partial charge in [0.25, 0.3) is 0 Å².